The molecular weight excluding hydrogens is 192 g/mol. The van der Waals surface area contributed by atoms with Gasteiger partial charge in [0.15, 0.2) is 0 Å². The normalized spacial score (nSPS) is 16.0. The number of carbonyl (C=O) groups is 1. The van der Waals surface area contributed by atoms with Gasteiger partial charge in [-0.25, -0.2) is 4.98 Å². The molecule has 82 valence electrons. The molecule has 0 saturated carbocycles. The Labute approximate surface area is 88.7 Å². The minimum atomic E-state index is 0.146. The van der Waals surface area contributed by atoms with Gasteiger partial charge in [-0.2, -0.15) is 0 Å². The Morgan fingerprint density at radius 1 is 1.60 bits per heavy atom. The topological polar surface area (TPSA) is 69.8 Å². The van der Waals surface area contributed by atoms with Crippen molar-refractivity contribution < 1.29 is 4.79 Å². The minimum Gasteiger partial charge on any atom is -0.356 e. The predicted octanol–water partition coefficient (Wildman–Crippen LogP) is -0.322. The third-order valence-electron chi connectivity index (χ3n) is 2.58. The quantitative estimate of drug-likeness (QED) is 0.621. The lowest BCUT2D eigenvalue weighted by Gasteiger charge is -2.26. The Morgan fingerprint density at radius 2 is 2.47 bits per heavy atom. The van der Waals surface area contributed by atoms with Gasteiger partial charge in [-0.15, -0.1) is 0 Å². The van der Waals surface area contributed by atoms with Gasteiger partial charge < -0.3 is 15.6 Å². The van der Waals surface area contributed by atoms with Crippen molar-refractivity contribution in [1.82, 2.24) is 20.6 Å². The van der Waals surface area contributed by atoms with Crippen molar-refractivity contribution in [2.45, 2.75) is 12.8 Å². The van der Waals surface area contributed by atoms with Crippen LogP contribution in [0, 0.1) is 5.92 Å². The maximum atomic E-state index is 11.4. The molecule has 5 nitrogen and oxygen atoms in total. The van der Waals surface area contributed by atoms with Crippen LogP contribution in [0.2, 0.25) is 0 Å². The van der Waals surface area contributed by atoms with Gasteiger partial charge in [0.05, 0.1) is 0 Å². The van der Waals surface area contributed by atoms with Gasteiger partial charge in [-0.3, -0.25) is 4.79 Å². The highest BCUT2D eigenvalue weighted by Gasteiger charge is 2.19. The van der Waals surface area contributed by atoms with E-state index in [9.17, 15) is 4.79 Å². The number of carbonyl (C=O) groups excluding carboxylic acids is 1. The number of hydrogen-bond acceptors (Lipinski definition) is 3. The zero-order valence-corrected chi connectivity index (χ0v) is 8.62. The third kappa shape index (κ3) is 3.06. The second kappa shape index (κ2) is 4.93. The Hall–Kier alpha value is -1.36. The number of amides is 1. The van der Waals surface area contributed by atoms with Gasteiger partial charge in [0.2, 0.25) is 5.91 Å². The number of imidazole rings is 1. The first kappa shape index (κ1) is 10.2. The lowest BCUT2D eigenvalue weighted by Crippen LogP contribution is -2.44. The largest absolute Gasteiger partial charge is 0.356 e. The smallest absolute Gasteiger partial charge is 0.220 e. The van der Waals surface area contributed by atoms with Crippen LogP contribution in [0.25, 0.3) is 0 Å². The van der Waals surface area contributed by atoms with Gasteiger partial charge in [-0.05, 0) is 19.0 Å². The number of nitrogens with one attached hydrogen (secondary N) is 3. The van der Waals surface area contributed by atoms with E-state index in [0.717, 1.165) is 25.3 Å². The summed E-state index contributed by atoms with van der Waals surface area (Å²) in [4.78, 5) is 18.5. The standard InChI is InChI=1S/C10H16N4O/c15-10(5-8-6-11-7-8)14-2-1-9-12-3-4-13-9/h3-4,8,11H,1-2,5-7H2,(H,12,13)(H,14,15). The Bertz CT molecular complexity index is 305. The number of nitrogens with zero attached hydrogens (tertiary/aromatic N) is 1. The van der Waals surface area contributed by atoms with Crippen molar-refractivity contribution in [1.29, 1.82) is 0 Å². The van der Waals surface area contributed by atoms with Crippen molar-refractivity contribution in [2.24, 2.45) is 5.92 Å². The van der Waals surface area contributed by atoms with Crippen LogP contribution in [0.4, 0.5) is 0 Å². The second-order valence-corrected chi connectivity index (χ2v) is 3.86. The molecular formula is C10H16N4O. The van der Waals surface area contributed by atoms with Crippen LogP contribution < -0.4 is 10.6 Å². The molecule has 1 aliphatic heterocycles. The molecule has 0 unspecified atom stereocenters. The fourth-order valence-electron chi connectivity index (χ4n) is 1.58. The summed E-state index contributed by atoms with van der Waals surface area (Å²) in [6.45, 7) is 2.61. The number of H-pyrrole nitrogens is 1. The molecule has 1 fully saturated rings. The fourth-order valence-corrected chi connectivity index (χ4v) is 1.58. The van der Waals surface area contributed by atoms with Gasteiger partial charge >= 0.3 is 0 Å². The molecule has 1 saturated heterocycles. The van der Waals surface area contributed by atoms with E-state index in [0.29, 0.717) is 18.9 Å². The Balaban J connectivity index is 1.58. The van der Waals surface area contributed by atoms with Gasteiger partial charge in [0.25, 0.3) is 0 Å². The van der Waals surface area contributed by atoms with Crippen LogP contribution in [0.3, 0.4) is 0 Å². The van der Waals surface area contributed by atoms with E-state index in [1.54, 1.807) is 12.4 Å². The van der Waals surface area contributed by atoms with E-state index in [1.165, 1.54) is 0 Å². The minimum absolute atomic E-state index is 0.146. The van der Waals surface area contributed by atoms with Crippen LogP contribution >= 0.6 is 0 Å². The molecule has 1 aromatic heterocycles. The summed E-state index contributed by atoms with van der Waals surface area (Å²) in [5, 5.41) is 6.04. The maximum Gasteiger partial charge on any atom is 0.220 e. The molecule has 1 aromatic rings. The molecule has 0 aromatic carbocycles. The second-order valence-electron chi connectivity index (χ2n) is 3.86. The summed E-state index contributed by atoms with van der Waals surface area (Å²) in [6.07, 6.45) is 4.92. The first-order valence-electron chi connectivity index (χ1n) is 5.30. The molecule has 0 radical (unpaired) electrons. The molecule has 1 aliphatic rings. The predicted molar refractivity (Wildman–Crippen MR) is 56.3 cm³/mol. The van der Waals surface area contributed by atoms with Crippen molar-refractivity contribution >= 4 is 5.91 Å². The number of hydrogen-bond donors (Lipinski definition) is 3. The Morgan fingerprint density at radius 3 is 3.07 bits per heavy atom. The first-order valence-corrected chi connectivity index (χ1v) is 5.30. The van der Waals surface area contributed by atoms with Crippen LogP contribution in [0.5, 0.6) is 0 Å². The van der Waals surface area contributed by atoms with Crippen LogP contribution in [-0.4, -0.2) is 35.5 Å². The molecule has 2 rings (SSSR count). The van der Waals surface area contributed by atoms with Crippen molar-refractivity contribution in [3.8, 4) is 0 Å². The van der Waals surface area contributed by atoms with Gasteiger partial charge in [-0.1, -0.05) is 0 Å². The van der Waals surface area contributed by atoms with Gasteiger partial charge in [0.1, 0.15) is 5.82 Å². The van der Waals surface area contributed by atoms with E-state index in [2.05, 4.69) is 20.6 Å². The van der Waals surface area contributed by atoms with Crippen LogP contribution in [0.1, 0.15) is 12.2 Å². The number of aromatic amines is 1. The SMILES string of the molecule is O=C(CC1CNC1)NCCc1ncc[nH]1. The van der Waals surface area contributed by atoms with Gasteiger partial charge in [0, 0.05) is 31.8 Å². The molecule has 0 aliphatic carbocycles. The van der Waals surface area contributed by atoms with E-state index in [1.807, 2.05) is 0 Å². The van der Waals surface area contributed by atoms with Crippen LogP contribution in [0.15, 0.2) is 12.4 Å². The molecule has 15 heavy (non-hydrogen) atoms. The zero-order valence-electron chi connectivity index (χ0n) is 8.62. The fraction of sp³-hybridized carbons (Fsp3) is 0.600. The number of aromatic nitrogens is 2. The molecule has 0 spiro atoms. The summed E-state index contributed by atoms with van der Waals surface area (Å²) in [7, 11) is 0. The molecule has 0 bridgehead atoms. The lowest BCUT2D eigenvalue weighted by atomic mass is 9.99. The summed E-state index contributed by atoms with van der Waals surface area (Å²) >= 11 is 0. The highest BCUT2D eigenvalue weighted by Crippen LogP contribution is 2.07. The summed E-state index contributed by atoms with van der Waals surface area (Å²) in [5.74, 6) is 1.60. The molecule has 0 atom stereocenters. The number of rotatable bonds is 5. The van der Waals surface area contributed by atoms with E-state index >= 15 is 0 Å². The average molecular weight is 208 g/mol. The maximum absolute atomic E-state index is 11.4. The van der Waals surface area contributed by atoms with E-state index in [4.69, 9.17) is 0 Å². The average Bonchev–Trinajstić information content (AvgIpc) is 2.64. The molecule has 5 heteroatoms. The monoisotopic (exact) mass is 208 g/mol. The molecule has 1 amide bonds. The lowest BCUT2D eigenvalue weighted by molar-refractivity contribution is -0.122. The Kier molecular flexibility index (Phi) is 3.34. The summed E-state index contributed by atoms with van der Waals surface area (Å²) in [5.41, 5.74) is 0. The highest BCUT2D eigenvalue weighted by atomic mass is 16.1. The molecule has 3 N–H and O–H groups in total. The van der Waals surface area contributed by atoms with Crippen molar-refractivity contribution in [2.75, 3.05) is 19.6 Å². The third-order valence-corrected chi connectivity index (χ3v) is 2.58. The van der Waals surface area contributed by atoms with Crippen LogP contribution in [-0.2, 0) is 11.2 Å². The summed E-state index contributed by atoms with van der Waals surface area (Å²) in [6, 6.07) is 0. The van der Waals surface area contributed by atoms with E-state index in [-0.39, 0.29) is 5.91 Å². The highest BCUT2D eigenvalue weighted by molar-refractivity contribution is 5.76. The first-order chi connectivity index (χ1) is 7.34. The summed E-state index contributed by atoms with van der Waals surface area (Å²) < 4.78 is 0. The van der Waals surface area contributed by atoms with Crippen molar-refractivity contribution in [3.05, 3.63) is 18.2 Å². The van der Waals surface area contributed by atoms with E-state index < -0.39 is 0 Å². The zero-order chi connectivity index (χ0) is 10.5. The molecule has 2 heterocycles. The van der Waals surface area contributed by atoms with Crippen molar-refractivity contribution in [3.63, 3.8) is 0 Å².